The minimum absolute atomic E-state index is 0.263. The maximum absolute atomic E-state index is 12.4. The van der Waals surface area contributed by atoms with Gasteiger partial charge in [0, 0.05) is 0 Å². The van der Waals surface area contributed by atoms with Crippen LogP contribution in [-0.4, -0.2) is 28.3 Å². The number of benzene rings is 2. The van der Waals surface area contributed by atoms with Gasteiger partial charge in [-0.15, -0.1) is 0 Å². The number of H-pyrrole nitrogens is 1. The van der Waals surface area contributed by atoms with Crippen LogP contribution in [0, 0.1) is 6.92 Å². The molecule has 0 saturated heterocycles. The van der Waals surface area contributed by atoms with Crippen molar-refractivity contribution in [1.82, 2.24) is 15.1 Å². The molecule has 0 radical (unpaired) electrons. The summed E-state index contributed by atoms with van der Waals surface area (Å²) in [6, 6.07) is 13.9. The first kappa shape index (κ1) is 18.4. The molecule has 140 valence electrons. The van der Waals surface area contributed by atoms with Crippen LogP contribution in [0.25, 0.3) is 10.8 Å². The van der Waals surface area contributed by atoms with Crippen molar-refractivity contribution >= 4 is 16.7 Å². The zero-order valence-corrected chi connectivity index (χ0v) is 15.2. The van der Waals surface area contributed by atoms with Gasteiger partial charge in [-0.25, -0.2) is 4.68 Å². The average Bonchev–Trinajstić information content (AvgIpc) is 2.64. The first-order valence-electron chi connectivity index (χ1n) is 8.65. The van der Waals surface area contributed by atoms with Gasteiger partial charge in [-0.1, -0.05) is 24.3 Å². The molecule has 7 heteroatoms. The zero-order chi connectivity index (χ0) is 19.4. The average molecular weight is 367 g/mol. The molecule has 1 aromatic heterocycles. The number of hydrogen-bond acceptors (Lipinski definition) is 4. The van der Waals surface area contributed by atoms with Crippen molar-refractivity contribution in [3.63, 3.8) is 0 Å². The van der Waals surface area contributed by atoms with Crippen molar-refractivity contribution in [2.75, 3.05) is 6.61 Å². The molecule has 1 unspecified atom stereocenters. The molecule has 2 aromatic carbocycles. The van der Waals surface area contributed by atoms with Crippen molar-refractivity contribution < 1.29 is 9.53 Å². The number of nitrogens with zero attached hydrogens (tertiary/aromatic N) is 1. The van der Waals surface area contributed by atoms with Crippen LogP contribution in [0.3, 0.4) is 0 Å². The summed E-state index contributed by atoms with van der Waals surface area (Å²) >= 11 is 0. The van der Waals surface area contributed by atoms with Crippen LogP contribution in [-0.2, 0) is 11.3 Å². The van der Waals surface area contributed by atoms with E-state index < -0.39 is 11.1 Å². The van der Waals surface area contributed by atoms with E-state index in [0.29, 0.717) is 12.0 Å². The number of nitrogens with one attached hydrogen (secondary N) is 2. The fourth-order valence-corrected chi connectivity index (χ4v) is 2.79. The lowest BCUT2D eigenvalue weighted by atomic mass is 10.2. The second kappa shape index (κ2) is 7.90. The van der Waals surface area contributed by atoms with Crippen molar-refractivity contribution in [3.05, 3.63) is 74.8 Å². The third kappa shape index (κ3) is 4.44. The highest BCUT2D eigenvalue weighted by molar-refractivity contribution is 5.81. The summed E-state index contributed by atoms with van der Waals surface area (Å²) in [5.74, 6) is 0.342. The largest absolute Gasteiger partial charge is 0.491 e. The number of hydrogen-bond donors (Lipinski definition) is 2. The highest BCUT2D eigenvalue weighted by Crippen LogP contribution is 2.12. The van der Waals surface area contributed by atoms with Gasteiger partial charge in [-0.05, 0) is 43.7 Å². The fourth-order valence-electron chi connectivity index (χ4n) is 2.79. The predicted octanol–water partition coefficient (Wildman–Crippen LogP) is 1.58. The van der Waals surface area contributed by atoms with E-state index in [1.165, 1.54) is 0 Å². The van der Waals surface area contributed by atoms with E-state index in [0.717, 1.165) is 16.0 Å². The van der Waals surface area contributed by atoms with Crippen LogP contribution in [0.4, 0.5) is 0 Å². The van der Waals surface area contributed by atoms with Gasteiger partial charge >= 0.3 is 0 Å². The predicted molar refractivity (Wildman–Crippen MR) is 103 cm³/mol. The van der Waals surface area contributed by atoms with E-state index >= 15 is 0 Å². The molecule has 0 spiro atoms. The Labute approximate surface area is 155 Å². The summed E-state index contributed by atoms with van der Waals surface area (Å²) in [5, 5.41) is 5.79. The highest BCUT2D eigenvalue weighted by Gasteiger charge is 2.12. The van der Waals surface area contributed by atoms with Crippen LogP contribution >= 0.6 is 0 Å². The molecular weight excluding hydrogens is 346 g/mol. The molecule has 1 amide bonds. The number of amides is 1. The summed E-state index contributed by atoms with van der Waals surface area (Å²) in [6.07, 6.45) is 0. The molecule has 0 saturated carbocycles. The molecule has 0 bridgehead atoms. The van der Waals surface area contributed by atoms with Gasteiger partial charge in [0.25, 0.3) is 11.1 Å². The first-order valence-corrected chi connectivity index (χ1v) is 8.65. The molecule has 3 aromatic rings. The van der Waals surface area contributed by atoms with Crippen molar-refractivity contribution in [2.45, 2.75) is 26.4 Å². The molecule has 0 fully saturated rings. The second-order valence-corrected chi connectivity index (χ2v) is 6.47. The van der Waals surface area contributed by atoms with Crippen LogP contribution in [0.15, 0.2) is 58.1 Å². The van der Waals surface area contributed by atoms with E-state index in [1.54, 1.807) is 31.2 Å². The number of rotatable bonds is 6. The van der Waals surface area contributed by atoms with Crippen LogP contribution in [0.2, 0.25) is 0 Å². The molecule has 7 nitrogen and oxygen atoms in total. The number of ether oxygens (including phenoxy) is 1. The topological polar surface area (TPSA) is 93.2 Å². The van der Waals surface area contributed by atoms with Gasteiger partial charge in [-0.2, -0.15) is 0 Å². The van der Waals surface area contributed by atoms with Gasteiger partial charge in [0.2, 0.25) is 5.91 Å². The SMILES string of the molecule is Cc1cccc(OCC(C)NC(=O)Cn2[nH]c(=O)c3ccccc3c2=O)c1. The maximum atomic E-state index is 12.4. The summed E-state index contributed by atoms with van der Waals surface area (Å²) < 4.78 is 6.68. The third-order valence-corrected chi connectivity index (χ3v) is 4.08. The van der Waals surface area contributed by atoms with E-state index in [1.807, 2.05) is 31.2 Å². The lowest BCUT2D eigenvalue weighted by Crippen LogP contribution is -2.41. The first-order chi connectivity index (χ1) is 12.9. The highest BCUT2D eigenvalue weighted by atomic mass is 16.5. The van der Waals surface area contributed by atoms with E-state index in [-0.39, 0.29) is 23.9 Å². The van der Waals surface area contributed by atoms with Gasteiger partial charge in [0.1, 0.15) is 18.9 Å². The summed E-state index contributed by atoms with van der Waals surface area (Å²) in [4.78, 5) is 36.7. The molecule has 0 aliphatic rings. The molecular formula is C20H21N3O4. The standard InChI is InChI=1S/C20H21N3O4/c1-13-6-5-7-15(10-13)27-12-14(2)21-18(24)11-23-20(26)17-9-4-3-8-16(17)19(25)22-23/h3-10,14H,11-12H2,1-2H3,(H,21,24)(H,22,25). The molecule has 0 aliphatic carbocycles. The van der Waals surface area contributed by atoms with Crippen LogP contribution < -0.4 is 21.2 Å². The van der Waals surface area contributed by atoms with E-state index in [4.69, 9.17) is 4.74 Å². The van der Waals surface area contributed by atoms with Crippen LogP contribution in [0.5, 0.6) is 5.75 Å². The summed E-state index contributed by atoms with van der Waals surface area (Å²) in [5.41, 5.74) is 0.265. The summed E-state index contributed by atoms with van der Waals surface area (Å²) in [7, 11) is 0. The van der Waals surface area contributed by atoms with Gasteiger partial charge < -0.3 is 10.1 Å². The zero-order valence-electron chi connectivity index (χ0n) is 15.2. The third-order valence-electron chi connectivity index (χ3n) is 4.08. The molecule has 27 heavy (non-hydrogen) atoms. The van der Waals surface area contributed by atoms with Gasteiger partial charge in [0.05, 0.1) is 16.8 Å². The molecule has 0 aliphatic heterocycles. The Bertz CT molecular complexity index is 1080. The molecule has 1 heterocycles. The van der Waals surface area contributed by atoms with E-state index in [2.05, 4.69) is 10.4 Å². The Balaban J connectivity index is 1.64. The van der Waals surface area contributed by atoms with Crippen molar-refractivity contribution in [1.29, 1.82) is 0 Å². The number of aryl methyl sites for hydroxylation is 1. The Morgan fingerprint density at radius 2 is 1.89 bits per heavy atom. The number of fused-ring (bicyclic) bond motifs is 1. The lowest BCUT2D eigenvalue weighted by Gasteiger charge is -2.16. The van der Waals surface area contributed by atoms with E-state index in [9.17, 15) is 14.4 Å². The lowest BCUT2D eigenvalue weighted by molar-refractivity contribution is -0.122. The fraction of sp³-hybridized carbons (Fsp3) is 0.250. The normalized spacial score (nSPS) is 11.9. The number of aromatic nitrogens is 2. The van der Waals surface area contributed by atoms with Crippen molar-refractivity contribution in [3.8, 4) is 5.75 Å². The van der Waals surface area contributed by atoms with Crippen LogP contribution in [0.1, 0.15) is 12.5 Å². The maximum Gasteiger partial charge on any atom is 0.273 e. The monoisotopic (exact) mass is 367 g/mol. The number of carbonyl (C=O) groups is 1. The Hall–Kier alpha value is -3.35. The summed E-state index contributed by atoms with van der Waals surface area (Å²) in [6.45, 7) is 3.80. The van der Waals surface area contributed by atoms with Gasteiger partial charge in [-0.3, -0.25) is 19.5 Å². The molecule has 1 atom stereocenters. The molecule has 2 N–H and O–H groups in total. The Morgan fingerprint density at radius 3 is 2.63 bits per heavy atom. The van der Waals surface area contributed by atoms with Gasteiger partial charge in [0.15, 0.2) is 0 Å². The minimum Gasteiger partial charge on any atom is -0.491 e. The smallest absolute Gasteiger partial charge is 0.273 e. The second-order valence-electron chi connectivity index (χ2n) is 6.47. The quantitative estimate of drug-likeness (QED) is 0.692. The minimum atomic E-state index is -0.413. The number of carbonyl (C=O) groups excluding carboxylic acids is 1. The number of aromatic amines is 1. The Morgan fingerprint density at radius 1 is 1.15 bits per heavy atom. The molecule has 3 rings (SSSR count). The van der Waals surface area contributed by atoms with Crippen molar-refractivity contribution in [2.24, 2.45) is 0 Å². The Kier molecular flexibility index (Phi) is 5.40.